The van der Waals surface area contributed by atoms with Crippen LogP contribution < -0.4 is 10.5 Å². The molecule has 0 bridgehead atoms. The lowest BCUT2D eigenvalue weighted by atomic mass is 9.99. The molecule has 0 spiro atoms. The fourth-order valence-electron chi connectivity index (χ4n) is 3.62. The number of hydrogen-bond acceptors (Lipinski definition) is 3. The third-order valence-electron chi connectivity index (χ3n) is 4.97. The molecule has 2 aromatic carbocycles. The lowest BCUT2D eigenvalue weighted by Crippen LogP contribution is -2.32. The molecule has 4 nitrogen and oxygen atoms in total. The Morgan fingerprint density at radius 3 is 2.76 bits per heavy atom. The van der Waals surface area contributed by atoms with Crippen molar-refractivity contribution in [3.8, 4) is 16.9 Å². The first-order valence-corrected chi connectivity index (χ1v) is 8.92. The molecule has 4 heteroatoms. The molecule has 0 saturated carbocycles. The van der Waals surface area contributed by atoms with Crippen LogP contribution in [-0.2, 0) is 0 Å². The lowest BCUT2D eigenvalue weighted by molar-refractivity contribution is 0.0785. The zero-order chi connectivity index (χ0) is 17.8. The van der Waals surface area contributed by atoms with E-state index in [9.17, 15) is 4.79 Å². The summed E-state index contributed by atoms with van der Waals surface area (Å²) in [6.07, 6.45) is 2.18. The van der Waals surface area contributed by atoms with Gasteiger partial charge in [-0.3, -0.25) is 4.79 Å². The van der Waals surface area contributed by atoms with Gasteiger partial charge in [-0.05, 0) is 36.1 Å². The van der Waals surface area contributed by atoms with Crippen LogP contribution in [0.25, 0.3) is 11.1 Å². The zero-order valence-electron chi connectivity index (χ0n) is 14.9. The minimum absolute atomic E-state index is 0.0609. The molecule has 1 amide bonds. The molecule has 0 unspecified atom stereocenters. The lowest BCUT2D eigenvalue weighted by Gasteiger charge is -2.17. The van der Waals surface area contributed by atoms with E-state index in [1.807, 2.05) is 53.4 Å². The average Bonchev–Trinajstić information content (AvgIpc) is 3.02. The van der Waals surface area contributed by atoms with E-state index >= 15 is 0 Å². The molecule has 2 N–H and O–H groups in total. The molecule has 0 aromatic heterocycles. The Hall–Kier alpha value is -2.33. The molecule has 25 heavy (non-hydrogen) atoms. The molecule has 1 aliphatic heterocycles. The van der Waals surface area contributed by atoms with Crippen molar-refractivity contribution < 1.29 is 9.53 Å². The Labute approximate surface area is 149 Å². The second-order valence-corrected chi connectivity index (χ2v) is 6.70. The van der Waals surface area contributed by atoms with Gasteiger partial charge in [0.15, 0.2) is 0 Å². The Bertz CT molecular complexity index is 744. The van der Waals surface area contributed by atoms with Crippen molar-refractivity contribution in [3.63, 3.8) is 0 Å². The van der Waals surface area contributed by atoms with E-state index in [2.05, 4.69) is 6.92 Å². The first-order valence-electron chi connectivity index (χ1n) is 8.92. The Morgan fingerprint density at radius 1 is 1.20 bits per heavy atom. The number of nitrogens with two attached hydrogens (primary N) is 1. The molecule has 3 rings (SSSR count). The van der Waals surface area contributed by atoms with Gasteiger partial charge in [0.2, 0.25) is 0 Å². The summed E-state index contributed by atoms with van der Waals surface area (Å²) in [4.78, 5) is 14.8. The molecule has 0 aliphatic carbocycles. The monoisotopic (exact) mass is 338 g/mol. The summed E-state index contributed by atoms with van der Waals surface area (Å²) < 4.78 is 5.44. The maximum absolute atomic E-state index is 12.9. The van der Waals surface area contributed by atoms with Gasteiger partial charge in [-0.25, -0.2) is 0 Å². The van der Waals surface area contributed by atoms with Crippen LogP contribution in [0.2, 0.25) is 0 Å². The van der Waals surface area contributed by atoms with Crippen LogP contribution in [0, 0.1) is 5.92 Å². The highest BCUT2D eigenvalue weighted by Gasteiger charge is 2.32. The van der Waals surface area contributed by atoms with Crippen LogP contribution in [0.4, 0.5) is 0 Å². The number of nitrogens with zero attached hydrogens (tertiary/aromatic N) is 1. The number of ether oxygens (including phenoxy) is 1. The summed E-state index contributed by atoms with van der Waals surface area (Å²) in [6.45, 7) is 3.56. The summed E-state index contributed by atoms with van der Waals surface area (Å²) in [5.41, 5.74) is 8.89. The predicted molar refractivity (Wildman–Crippen MR) is 101 cm³/mol. The van der Waals surface area contributed by atoms with Gasteiger partial charge in [-0.2, -0.15) is 0 Å². The van der Waals surface area contributed by atoms with Gasteiger partial charge in [-0.15, -0.1) is 0 Å². The van der Waals surface area contributed by atoms with Gasteiger partial charge in [0.05, 0.1) is 7.11 Å². The smallest absolute Gasteiger partial charge is 0.253 e. The van der Waals surface area contributed by atoms with Crippen LogP contribution in [0.15, 0.2) is 48.5 Å². The van der Waals surface area contributed by atoms with Gasteiger partial charge in [0.1, 0.15) is 5.75 Å². The van der Waals surface area contributed by atoms with E-state index in [0.717, 1.165) is 36.3 Å². The number of para-hydroxylation sites is 1. The van der Waals surface area contributed by atoms with Crippen LogP contribution in [0.3, 0.4) is 0 Å². The van der Waals surface area contributed by atoms with E-state index in [1.165, 1.54) is 0 Å². The zero-order valence-corrected chi connectivity index (χ0v) is 14.9. The molecule has 1 aliphatic rings. The van der Waals surface area contributed by atoms with Crippen LogP contribution >= 0.6 is 0 Å². The first kappa shape index (κ1) is 17.5. The average molecular weight is 338 g/mol. The van der Waals surface area contributed by atoms with E-state index in [-0.39, 0.29) is 11.9 Å². The topological polar surface area (TPSA) is 55.6 Å². The summed E-state index contributed by atoms with van der Waals surface area (Å²) in [7, 11) is 1.66. The Kier molecular flexibility index (Phi) is 5.39. The molecule has 132 valence electrons. The van der Waals surface area contributed by atoms with Crippen molar-refractivity contribution in [2.24, 2.45) is 11.7 Å². The number of methoxy groups -OCH3 is 1. The summed E-state index contributed by atoms with van der Waals surface area (Å²) in [5.74, 6) is 1.27. The number of carbonyl (C=O) groups excluding carboxylic acids is 1. The number of likely N-dealkylation sites (tertiary alicyclic amines) is 1. The van der Waals surface area contributed by atoms with Crippen molar-refractivity contribution >= 4 is 5.91 Å². The molecule has 2 aromatic rings. The van der Waals surface area contributed by atoms with E-state index in [0.29, 0.717) is 18.0 Å². The van der Waals surface area contributed by atoms with Gasteiger partial charge in [0, 0.05) is 30.3 Å². The first-order chi connectivity index (χ1) is 12.1. The predicted octanol–water partition coefficient (Wildman–Crippen LogP) is 3.56. The summed E-state index contributed by atoms with van der Waals surface area (Å²) >= 11 is 0. The molecule has 0 radical (unpaired) electrons. The second-order valence-electron chi connectivity index (χ2n) is 6.70. The number of carbonyl (C=O) groups is 1. The standard InChI is InChI=1S/C21H26N2O2/c1-3-7-17-13-23(14-19(17)22)21(24)16-9-6-8-15(12-16)18-10-4-5-11-20(18)25-2/h4-6,8-12,17,19H,3,7,13-14,22H2,1-2H3/t17-,19-/m1/s1. The number of benzene rings is 2. The van der Waals surface area contributed by atoms with Gasteiger partial charge >= 0.3 is 0 Å². The Morgan fingerprint density at radius 2 is 2.00 bits per heavy atom. The van der Waals surface area contributed by atoms with E-state index in [4.69, 9.17) is 10.5 Å². The van der Waals surface area contributed by atoms with Crippen molar-refractivity contribution in [1.82, 2.24) is 4.90 Å². The van der Waals surface area contributed by atoms with Crippen molar-refractivity contribution in [2.45, 2.75) is 25.8 Å². The number of hydrogen-bond donors (Lipinski definition) is 1. The minimum Gasteiger partial charge on any atom is -0.496 e. The van der Waals surface area contributed by atoms with Crippen molar-refractivity contribution in [3.05, 3.63) is 54.1 Å². The number of amides is 1. The highest BCUT2D eigenvalue weighted by Crippen LogP contribution is 2.30. The van der Waals surface area contributed by atoms with Gasteiger partial charge in [-0.1, -0.05) is 43.7 Å². The molecule has 1 saturated heterocycles. The third-order valence-corrected chi connectivity index (χ3v) is 4.97. The molecular weight excluding hydrogens is 312 g/mol. The quantitative estimate of drug-likeness (QED) is 0.907. The highest BCUT2D eigenvalue weighted by molar-refractivity contribution is 5.96. The second kappa shape index (κ2) is 7.70. The van der Waals surface area contributed by atoms with Crippen LogP contribution in [0.5, 0.6) is 5.75 Å². The largest absolute Gasteiger partial charge is 0.496 e. The maximum atomic E-state index is 12.9. The summed E-state index contributed by atoms with van der Waals surface area (Å²) in [6, 6.07) is 15.7. The van der Waals surface area contributed by atoms with E-state index < -0.39 is 0 Å². The minimum atomic E-state index is 0.0609. The fraction of sp³-hybridized carbons (Fsp3) is 0.381. The van der Waals surface area contributed by atoms with E-state index in [1.54, 1.807) is 7.11 Å². The molecule has 1 heterocycles. The highest BCUT2D eigenvalue weighted by atomic mass is 16.5. The normalized spacial score (nSPS) is 19.9. The van der Waals surface area contributed by atoms with Gasteiger partial charge < -0.3 is 15.4 Å². The third kappa shape index (κ3) is 3.69. The fourth-order valence-corrected chi connectivity index (χ4v) is 3.62. The maximum Gasteiger partial charge on any atom is 0.253 e. The summed E-state index contributed by atoms with van der Waals surface area (Å²) in [5, 5.41) is 0. The van der Waals surface area contributed by atoms with Gasteiger partial charge in [0.25, 0.3) is 5.91 Å². The SMILES string of the molecule is CCC[C@@H]1CN(C(=O)c2cccc(-c3ccccc3OC)c2)C[C@H]1N. The molecule has 2 atom stereocenters. The molecule has 1 fully saturated rings. The Balaban J connectivity index is 1.83. The van der Waals surface area contributed by atoms with Crippen molar-refractivity contribution in [1.29, 1.82) is 0 Å². The van der Waals surface area contributed by atoms with Crippen LogP contribution in [-0.4, -0.2) is 37.0 Å². The number of rotatable bonds is 5. The van der Waals surface area contributed by atoms with Crippen LogP contribution in [0.1, 0.15) is 30.1 Å². The van der Waals surface area contributed by atoms with Crippen molar-refractivity contribution in [2.75, 3.05) is 20.2 Å². The molecular formula is C21H26N2O2.